The molecule has 9 nitrogen and oxygen atoms in total. The van der Waals surface area contributed by atoms with E-state index in [-0.39, 0.29) is 11.8 Å². The molecule has 0 atom stereocenters. The van der Waals surface area contributed by atoms with Crippen molar-refractivity contribution >= 4 is 16.0 Å². The molecule has 0 spiro atoms. The summed E-state index contributed by atoms with van der Waals surface area (Å²) in [7, 11) is -1.57. The molecule has 1 aromatic carbocycles. The molecule has 0 unspecified atom stereocenters. The third-order valence-electron chi connectivity index (χ3n) is 3.85. The summed E-state index contributed by atoms with van der Waals surface area (Å²) in [6, 6.07) is 7.31. The monoisotopic (exact) mass is 407 g/mol. The van der Waals surface area contributed by atoms with E-state index in [4.69, 9.17) is 0 Å². The van der Waals surface area contributed by atoms with Gasteiger partial charge in [0.1, 0.15) is 12.2 Å². The predicted octanol–water partition coefficient (Wildman–Crippen LogP) is 0.898. The lowest BCUT2D eigenvalue weighted by atomic mass is 10.1. The molecule has 0 aliphatic rings. The number of rotatable bonds is 9. The number of hydrogen-bond acceptors (Lipinski definition) is 5. The van der Waals surface area contributed by atoms with Gasteiger partial charge in [0.05, 0.1) is 18.8 Å². The van der Waals surface area contributed by atoms with Crippen molar-refractivity contribution in [3.63, 3.8) is 0 Å². The highest BCUT2D eigenvalue weighted by Crippen LogP contribution is 2.13. The number of hydrogen-bond donors (Lipinski definition) is 3. The van der Waals surface area contributed by atoms with Gasteiger partial charge in [0.2, 0.25) is 10.0 Å². The molecule has 0 saturated carbocycles. The molecule has 1 aromatic heterocycles. The molecule has 0 saturated heterocycles. The summed E-state index contributed by atoms with van der Waals surface area (Å²) in [5.41, 5.74) is 1.61. The average molecular weight is 408 g/mol. The van der Waals surface area contributed by atoms with Gasteiger partial charge in [0, 0.05) is 19.6 Å². The summed E-state index contributed by atoms with van der Waals surface area (Å²) in [4.78, 5) is 8.76. The summed E-state index contributed by atoms with van der Waals surface area (Å²) in [5.74, 6) is 1.35. The Labute approximate surface area is 166 Å². The maximum atomic E-state index is 12.3. The maximum Gasteiger partial charge on any atom is 0.216 e. The van der Waals surface area contributed by atoms with Crippen LogP contribution in [0.2, 0.25) is 0 Å². The van der Waals surface area contributed by atoms with Crippen LogP contribution in [0.3, 0.4) is 0 Å². The molecule has 0 fully saturated rings. The zero-order valence-corrected chi connectivity index (χ0v) is 17.6. The Balaban J connectivity index is 2.10. The third kappa shape index (κ3) is 6.93. The van der Waals surface area contributed by atoms with E-state index in [9.17, 15) is 8.42 Å². The number of benzene rings is 1. The Morgan fingerprint density at radius 2 is 1.93 bits per heavy atom. The number of sulfonamides is 1. The molecule has 3 N–H and O–H groups in total. The van der Waals surface area contributed by atoms with Crippen molar-refractivity contribution in [3.8, 4) is 0 Å². The van der Waals surface area contributed by atoms with Crippen LogP contribution in [0.4, 0.5) is 0 Å². The molecule has 1 heterocycles. The first-order valence-electron chi connectivity index (χ1n) is 9.22. The molecule has 0 aliphatic heterocycles. The van der Waals surface area contributed by atoms with E-state index >= 15 is 0 Å². The highest BCUT2D eigenvalue weighted by atomic mass is 32.2. The van der Waals surface area contributed by atoms with Gasteiger partial charge in [0.15, 0.2) is 5.96 Å². The molecule has 154 valence electrons. The lowest BCUT2D eigenvalue weighted by molar-refractivity contribution is 0.569. The normalized spacial score (nSPS) is 12.4. The van der Waals surface area contributed by atoms with Gasteiger partial charge in [-0.05, 0) is 31.9 Å². The van der Waals surface area contributed by atoms with Gasteiger partial charge in [0.25, 0.3) is 0 Å². The highest BCUT2D eigenvalue weighted by Gasteiger charge is 2.15. The van der Waals surface area contributed by atoms with Crippen molar-refractivity contribution in [2.24, 2.45) is 12.0 Å². The molecule has 2 rings (SSSR count). The number of aryl methyl sites for hydroxylation is 1. The molecule has 10 heteroatoms. The zero-order valence-electron chi connectivity index (χ0n) is 16.8. The Hall–Kier alpha value is -2.46. The Morgan fingerprint density at radius 3 is 2.54 bits per heavy atom. The van der Waals surface area contributed by atoms with Crippen molar-refractivity contribution in [2.45, 2.75) is 45.7 Å². The molecule has 0 amide bonds. The van der Waals surface area contributed by atoms with Crippen LogP contribution in [0.1, 0.15) is 37.7 Å². The summed E-state index contributed by atoms with van der Waals surface area (Å²) >= 11 is 0. The molecule has 0 aliphatic carbocycles. The minimum absolute atomic E-state index is 0.0697. The van der Waals surface area contributed by atoms with Crippen LogP contribution in [0, 0.1) is 0 Å². The van der Waals surface area contributed by atoms with E-state index in [1.807, 2.05) is 38.2 Å². The van der Waals surface area contributed by atoms with Crippen molar-refractivity contribution in [2.75, 3.05) is 6.54 Å². The quantitative estimate of drug-likeness (QED) is 0.420. The summed E-state index contributed by atoms with van der Waals surface area (Å²) in [6.07, 6.45) is 1.50. The standard InChI is InChI=1S/C18H29N7O2S/c1-5-19-18(21-11-17-22-13-23-25(17)4)20-10-15-8-6-7-9-16(15)12-28(26,27)24-14(2)3/h6-9,13-14,24H,5,10-12H2,1-4H3,(H2,19,20,21). The first-order valence-corrected chi connectivity index (χ1v) is 10.9. The van der Waals surface area contributed by atoms with Crippen molar-refractivity contribution in [3.05, 3.63) is 47.5 Å². The average Bonchev–Trinajstić information content (AvgIpc) is 3.02. The number of nitrogens with zero attached hydrogens (tertiary/aromatic N) is 4. The number of guanidine groups is 1. The molecular weight excluding hydrogens is 378 g/mol. The molecular formula is C18H29N7O2S. The fourth-order valence-corrected chi connectivity index (χ4v) is 4.10. The van der Waals surface area contributed by atoms with Crippen LogP contribution in [-0.2, 0) is 35.9 Å². The summed E-state index contributed by atoms with van der Waals surface area (Å²) in [6.45, 7) is 7.15. The first kappa shape index (κ1) is 21.8. The third-order valence-corrected chi connectivity index (χ3v) is 5.37. The van der Waals surface area contributed by atoms with Crippen LogP contribution in [0.15, 0.2) is 35.6 Å². The van der Waals surface area contributed by atoms with Crippen molar-refractivity contribution in [1.82, 2.24) is 30.1 Å². The lowest BCUT2D eigenvalue weighted by Gasteiger charge is -2.13. The van der Waals surface area contributed by atoms with Gasteiger partial charge in [-0.25, -0.2) is 23.1 Å². The Kier molecular flexibility index (Phi) is 7.94. The van der Waals surface area contributed by atoms with Gasteiger partial charge >= 0.3 is 0 Å². The lowest BCUT2D eigenvalue weighted by Crippen LogP contribution is -2.37. The summed E-state index contributed by atoms with van der Waals surface area (Å²) < 4.78 is 28.9. The fourth-order valence-electron chi connectivity index (χ4n) is 2.61. The van der Waals surface area contributed by atoms with Crippen LogP contribution in [0.25, 0.3) is 0 Å². The maximum absolute atomic E-state index is 12.3. The van der Waals surface area contributed by atoms with Gasteiger partial charge in [-0.1, -0.05) is 24.3 Å². The molecule has 2 aromatic rings. The van der Waals surface area contributed by atoms with Crippen LogP contribution < -0.4 is 15.4 Å². The minimum Gasteiger partial charge on any atom is -0.357 e. The first-order chi connectivity index (χ1) is 13.3. The number of aromatic nitrogens is 3. The van der Waals surface area contributed by atoms with E-state index in [1.54, 1.807) is 18.5 Å². The van der Waals surface area contributed by atoms with Crippen LogP contribution in [0.5, 0.6) is 0 Å². The SMILES string of the molecule is CCNC(=NCc1ccccc1CS(=O)(=O)NC(C)C)NCc1ncnn1C. The second-order valence-electron chi connectivity index (χ2n) is 6.65. The molecule has 0 bridgehead atoms. The van der Waals surface area contributed by atoms with Crippen LogP contribution in [-0.4, -0.2) is 41.7 Å². The zero-order chi connectivity index (χ0) is 20.6. The smallest absolute Gasteiger partial charge is 0.216 e. The van der Waals surface area contributed by atoms with Crippen molar-refractivity contribution in [1.29, 1.82) is 0 Å². The van der Waals surface area contributed by atoms with Gasteiger partial charge in [-0.15, -0.1) is 0 Å². The van der Waals surface area contributed by atoms with Crippen LogP contribution >= 0.6 is 0 Å². The largest absolute Gasteiger partial charge is 0.357 e. The highest BCUT2D eigenvalue weighted by molar-refractivity contribution is 7.88. The molecule has 0 radical (unpaired) electrons. The second-order valence-corrected chi connectivity index (χ2v) is 8.40. The molecule has 28 heavy (non-hydrogen) atoms. The van der Waals surface area contributed by atoms with E-state index < -0.39 is 10.0 Å². The van der Waals surface area contributed by atoms with E-state index in [0.717, 1.165) is 17.0 Å². The van der Waals surface area contributed by atoms with Gasteiger partial charge < -0.3 is 10.6 Å². The number of aliphatic imine (C=N–C) groups is 1. The predicted molar refractivity (Wildman–Crippen MR) is 110 cm³/mol. The van der Waals surface area contributed by atoms with Crippen molar-refractivity contribution < 1.29 is 8.42 Å². The van der Waals surface area contributed by atoms with E-state index in [2.05, 4.69) is 30.4 Å². The Morgan fingerprint density at radius 1 is 1.21 bits per heavy atom. The van der Waals surface area contributed by atoms with Gasteiger partial charge in [-0.3, -0.25) is 4.68 Å². The van der Waals surface area contributed by atoms with E-state index in [1.165, 1.54) is 6.33 Å². The topological polar surface area (TPSA) is 113 Å². The van der Waals surface area contributed by atoms with Gasteiger partial charge in [-0.2, -0.15) is 5.10 Å². The van der Waals surface area contributed by atoms with E-state index in [0.29, 0.717) is 25.6 Å². The number of nitrogens with one attached hydrogen (secondary N) is 3. The summed E-state index contributed by atoms with van der Waals surface area (Å²) in [5, 5.41) is 10.4. The minimum atomic E-state index is -3.40. The second kappa shape index (κ2) is 10.2. The Bertz CT molecular complexity index is 891. The fraction of sp³-hybridized carbons (Fsp3) is 0.500.